The van der Waals surface area contributed by atoms with Crippen LogP contribution in [-0.4, -0.2) is 0 Å². The molecule has 0 aliphatic rings. The summed E-state index contributed by atoms with van der Waals surface area (Å²) in [5.41, 5.74) is 1.06. The molecule has 0 spiro atoms. The van der Waals surface area contributed by atoms with Gasteiger partial charge in [0.15, 0.2) is 0 Å². The van der Waals surface area contributed by atoms with E-state index in [1.807, 2.05) is 18.2 Å². The van der Waals surface area contributed by atoms with Crippen molar-refractivity contribution >= 4 is 44.6 Å². The number of thiophene rings is 1. The maximum absolute atomic E-state index is 5.86. The molecule has 0 unspecified atom stereocenters. The van der Waals surface area contributed by atoms with E-state index in [1.54, 1.807) is 11.3 Å². The highest BCUT2D eigenvalue weighted by Gasteiger charge is 2.00. The molecule has 4 heteroatoms. The molecule has 0 saturated heterocycles. The van der Waals surface area contributed by atoms with Crippen LogP contribution < -0.4 is 5.32 Å². The first-order chi connectivity index (χ1) is 7.25. The topological polar surface area (TPSA) is 12.0 Å². The molecule has 1 N–H and O–H groups in total. The van der Waals surface area contributed by atoms with Crippen molar-refractivity contribution in [1.82, 2.24) is 0 Å². The van der Waals surface area contributed by atoms with Gasteiger partial charge in [0.25, 0.3) is 0 Å². The monoisotopic (exact) mass is 301 g/mol. The molecule has 2 rings (SSSR count). The lowest BCUT2D eigenvalue weighted by Crippen LogP contribution is -1.97. The lowest BCUT2D eigenvalue weighted by Gasteiger charge is -2.07. The summed E-state index contributed by atoms with van der Waals surface area (Å²) in [6, 6.07) is 9.90. The van der Waals surface area contributed by atoms with E-state index in [9.17, 15) is 0 Å². The van der Waals surface area contributed by atoms with Gasteiger partial charge in [0.2, 0.25) is 0 Å². The molecule has 0 atom stereocenters. The van der Waals surface area contributed by atoms with Crippen LogP contribution >= 0.6 is 38.9 Å². The molecule has 0 radical (unpaired) electrons. The maximum Gasteiger partial charge on any atom is 0.0494 e. The molecule has 2 aromatic rings. The number of hydrogen-bond donors (Lipinski definition) is 1. The van der Waals surface area contributed by atoms with Gasteiger partial charge in [-0.05, 0) is 45.6 Å². The number of nitrogens with one attached hydrogen (secondary N) is 1. The van der Waals surface area contributed by atoms with E-state index < -0.39 is 0 Å². The van der Waals surface area contributed by atoms with Crippen LogP contribution in [0.15, 0.2) is 40.2 Å². The Labute approximate surface area is 106 Å². The molecule has 0 aliphatic carbocycles. The zero-order chi connectivity index (χ0) is 10.7. The van der Waals surface area contributed by atoms with E-state index in [1.165, 1.54) is 4.88 Å². The summed E-state index contributed by atoms with van der Waals surface area (Å²) in [4.78, 5) is 1.32. The Hall–Kier alpha value is -0.510. The SMILES string of the molecule is Clc1ccc(NCc2cccs2)c(Br)c1. The first-order valence-electron chi connectivity index (χ1n) is 4.47. The highest BCUT2D eigenvalue weighted by molar-refractivity contribution is 9.10. The molecule has 0 aliphatic heterocycles. The van der Waals surface area contributed by atoms with Gasteiger partial charge in [-0.25, -0.2) is 0 Å². The van der Waals surface area contributed by atoms with Crippen molar-refractivity contribution < 1.29 is 0 Å². The predicted octanol–water partition coefficient (Wildman–Crippen LogP) is 4.78. The number of halogens is 2. The average molecular weight is 303 g/mol. The lowest BCUT2D eigenvalue weighted by molar-refractivity contribution is 1.19. The summed E-state index contributed by atoms with van der Waals surface area (Å²) < 4.78 is 0.992. The Morgan fingerprint density at radius 1 is 1.33 bits per heavy atom. The molecule has 1 aromatic carbocycles. The average Bonchev–Trinajstić information content (AvgIpc) is 2.69. The Morgan fingerprint density at radius 2 is 2.20 bits per heavy atom. The van der Waals surface area contributed by atoms with Crippen molar-refractivity contribution in [2.75, 3.05) is 5.32 Å². The van der Waals surface area contributed by atoms with Crippen LogP contribution in [0.4, 0.5) is 5.69 Å². The molecule has 1 heterocycles. The van der Waals surface area contributed by atoms with Gasteiger partial charge in [-0.2, -0.15) is 0 Å². The largest absolute Gasteiger partial charge is 0.379 e. The Kier molecular flexibility index (Phi) is 3.67. The van der Waals surface area contributed by atoms with E-state index in [2.05, 4.69) is 38.8 Å². The summed E-state index contributed by atoms with van der Waals surface area (Å²) in [5, 5.41) is 6.16. The molecular weight excluding hydrogens is 294 g/mol. The Bertz CT molecular complexity index is 442. The van der Waals surface area contributed by atoms with Gasteiger partial charge in [0, 0.05) is 26.6 Å². The molecule has 1 nitrogen and oxygen atoms in total. The van der Waals surface area contributed by atoms with Crippen molar-refractivity contribution in [3.8, 4) is 0 Å². The van der Waals surface area contributed by atoms with E-state index in [0.29, 0.717) is 0 Å². The normalized spacial score (nSPS) is 10.3. The van der Waals surface area contributed by atoms with Gasteiger partial charge in [0.1, 0.15) is 0 Å². The third-order valence-electron chi connectivity index (χ3n) is 1.96. The van der Waals surface area contributed by atoms with Gasteiger partial charge >= 0.3 is 0 Å². The third kappa shape index (κ3) is 2.97. The van der Waals surface area contributed by atoms with Gasteiger partial charge in [-0.15, -0.1) is 11.3 Å². The number of anilines is 1. The van der Waals surface area contributed by atoms with E-state index in [0.717, 1.165) is 21.7 Å². The number of hydrogen-bond acceptors (Lipinski definition) is 2. The fourth-order valence-corrected chi connectivity index (χ4v) is 2.70. The van der Waals surface area contributed by atoms with Crippen molar-refractivity contribution in [1.29, 1.82) is 0 Å². The van der Waals surface area contributed by atoms with Crippen LogP contribution in [0.1, 0.15) is 4.88 Å². The molecule has 15 heavy (non-hydrogen) atoms. The van der Waals surface area contributed by atoms with Crippen molar-refractivity contribution in [2.45, 2.75) is 6.54 Å². The fourth-order valence-electron chi connectivity index (χ4n) is 1.23. The molecular formula is C11H9BrClNS. The smallest absolute Gasteiger partial charge is 0.0494 e. The predicted molar refractivity (Wildman–Crippen MR) is 70.8 cm³/mol. The Morgan fingerprint density at radius 3 is 2.87 bits per heavy atom. The summed E-state index contributed by atoms with van der Waals surface area (Å²) >= 11 is 11.1. The highest BCUT2D eigenvalue weighted by Crippen LogP contribution is 2.26. The molecule has 0 bridgehead atoms. The molecule has 0 saturated carbocycles. The third-order valence-corrected chi connectivity index (χ3v) is 3.73. The quantitative estimate of drug-likeness (QED) is 0.860. The lowest BCUT2D eigenvalue weighted by atomic mass is 10.3. The van der Waals surface area contributed by atoms with Crippen LogP contribution in [0.25, 0.3) is 0 Å². The Balaban J connectivity index is 2.05. The minimum Gasteiger partial charge on any atom is -0.379 e. The fraction of sp³-hybridized carbons (Fsp3) is 0.0909. The molecule has 1 aromatic heterocycles. The van der Waals surface area contributed by atoms with Crippen molar-refractivity contribution in [3.05, 3.63) is 50.1 Å². The number of benzene rings is 1. The van der Waals surface area contributed by atoms with E-state index in [-0.39, 0.29) is 0 Å². The van der Waals surface area contributed by atoms with Gasteiger partial charge < -0.3 is 5.32 Å². The minimum atomic E-state index is 0.739. The first kappa shape index (κ1) is 11.0. The second-order valence-electron chi connectivity index (χ2n) is 3.06. The van der Waals surface area contributed by atoms with Crippen LogP contribution in [-0.2, 0) is 6.54 Å². The van der Waals surface area contributed by atoms with Gasteiger partial charge in [-0.1, -0.05) is 17.7 Å². The van der Waals surface area contributed by atoms with Crippen molar-refractivity contribution in [3.63, 3.8) is 0 Å². The second kappa shape index (κ2) is 5.01. The van der Waals surface area contributed by atoms with Crippen LogP contribution in [0.5, 0.6) is 0 Å². The first-order valence-corrected chi connectivity index (χ1v) is 6.52. The summed E-state index contributed by atoms with van der Waals surface area (Å²) in [7, 11) is 0. The molecule has 0 amide bonds. The van der Waals surface area contributed by atoms with Crippen LogP contribution in [0.2, 0.25) is 5.02 Å². The number of rotatable bonds is 3. The van der Waals surface area contributed by atoms with Crippen LogP contribution in [0, 0.1) is 0 Å². The zero-order valence-corrected chi connectivity index (χ0v) is 11.0. The van der Waals surface area contributed by atoms with E-state index >= 15 is 0 Å². The molecule has 78 valence electrons. The summed E-state index contributed by atoms with van der Waals surface area (Å²) in [5.74, 6) is 0. The van der Waals surface area contributed by atoms with Gasteiger partial charge in [0.05, 0.1) is 0 Å². The molecule has 0 fully saturated rings. The van der Waals surface area contributed by atoms with Gasteiger partial charge in [-0.3, -0.25) is 0 Å². The highest BCUT2D eigenvalue weighted by atomic mass is 79.9. The van der Waals surface area contributed by atoms with Crippen molar-refractivity contribution in [2.24, 2.45) is 0 Å². The maximum atomic E-state index is 5.86. The van der Waals surface area contributed by atoms with Crippen LogP contribution in [0.3, 0.4) is 0 Å². The standard InChI is InChI=1S/C11H9BrClNS/c12-10-6-8(13)3-4-11(10)14-7-9-2-1-5-15-9/h1-6,14H,7H2. The zero-order valence-electron chi connectivity index (χ0n) is 7.84. The minimum absolute atomic E-state index is 0.739. The summed E-state index contributed by atoms with van der Waals surface area (Å²) in [6.07, 6.45) is 0. The second-order valence-corrected chi connectivity index (χ2v) is 5.38. The van der Waals surface area contributed by atoms with E-state index in [4.69, 9.17) is 11.6 Å². The summed E-state index contributed by atoms with van der Waals surface area (Å²) in [6.45, 7) is 0.845.